The lowest BCUT2D eigenvalue weighted by Gasteiger charge is -1.83. The van der Waals surface area contributed by atoms with Crippen molar-refractivity contribution in [1.29, 1.82) is 0 Å². The van der Waals surface area contributed by atoms with Gasteiger partial charge in [-0.15, -0.1) is 0 Å². The summed E-state index contributed by atoms with van der Waals surface area (Å²) >= 11 is 0. The van der Waals surface area contributed by atoms with Gasteiger partial charge in [0.05, 0.1) is 11.3 Å². The van der Waals surface area contributed by atoms with Crippen molar-refractivity contribution >= 4 is 11.9 Å². The predicted octanol–water partition coefficient (Wildman–Crippen LogP) is 1.20. The van der Waals surface area contributed by atoms with Crippen LogP contribution in [0.5, 0.6) is 0 Å². The molecule has 0 aromatic carbocycles. The van der Waals surface area contributed by atoms with Crippen LogP contribution in [0.2, 0.25) is 0 Å². The fourth-order valence-electron chi connectivity index (χ4n) is 0.573. The van der Waals surface area contributed by atoms with Crippen LogP contribution in [0.15, 0.2) is 17.2 Å². The van der Waals surface area contributed by atoms with Gasteiger partial charge in [0.25, 0.3) is 0 Å². The van der Waals surface area contributed by atoms with Crippen LogP contribution in [-0.2, 0) is 4.79 Å². The number of hydrogen-bond acceptors (Lipinski definition) is 3. The number of carbonyl (C=O) groups excluding carboxylic acids is 1. The second-order valence-electron chi connectivity index (χ2n) is 1.98. The minimum Gasteiger partial charge on any atom is -0.356 e. The normalized spacial score (nSPS) is 9.30. The first-order valence-corrected chi connectivity index (χ1v) is 2.82. The molecule has 52 valence electrons. The molecule has 0 unspecified atom stereocenters. The second kappa shape index (κ2) is 2.47. The third-order valence-electron chi connectivity index (χ3n) is 1.09. The molecule has 0 radical (unpaired) electrons. The van der Waals surface area contributed by atoms with E-state index in [-0.39, 0.29) is 0 Å². The third kappa shape index (κ3) is 1.13. The van der Waals surface area contributed by atoms with Crippen molar-refractivity contribution in [2.45, 2.75) is 6.92 Å². The molecule has 0 saturated carbocycles. The van der Waals surface area contributed by atoms with Crippen molar-refractivity contribution in [2.24, 2.45) is 0 Å². The van der Waals surface area contributed by atoms with Crippen LogP contribution in [0, 0.1) is 6.92 Å². The molecule has 0 fully saturated rings. The van der Waals surface area contributed by atoms with Gasteiger partial charge in [0.2, 0.25) is 0 Å². The zero-order chi connectivity index (χ0) is 7.56. The van der Waals surface area contributed by atoms with Gasteiger partial charge in [-0.2, -0.15) is 0 Å². The minimum absolute atomic E-state index is 0.320. The van der Waals surface area contributed by atoms with Crippen molar-refractivity contribution in [3.8, 4) is 0 Å². The van der Waals surface area contributed by atoms with Crippen LogP contribution in [0.3, 0.4) is 0 Å². The van der Waals surface area contributed by atoms with E-state index in [0.717, 1.165) is 5.69 Å². The minimum atomic E-state index is 0.320. The van der Waals surface area contributed by atoms with Gasteiger partial charge in [0, 0.05) is 6.07 Å². The maximum atomic E-state index is 10.1. The van der Waals surface area contributed by atoms with Crippen LogP contribution >= 0.6 is 0 Å². The van der Waals surface area contributed by atoms with E-state index in [9.17, 15) is 4.79 Å². The van der Waals surface area contributed by atoms with E-state index in [4.69, 9.17) is 4.52 Å². The van der Waals surface area contributed by atoms with Crippen molar-refractivity contribution in [3.05, 3.63) is 24.1 Å². The zero-order valence-electron chi connectivity index (χ0n) is 5.63. The zero-order valence-corrected chi connectivity index (χ0v) is 5.63. The lowest BCUT2D eigenvalue weighted by Crippen LogP contribution is -1.77. The Morgan fingerprint density at radius 2 is 2.60 bits per heavy atom. The summed E-state index contributed by atoms with van der Waals surface area (Å²) in [6, 6.07) is 1.66. The molecule has 0 aliphatic rings. The summed E-state index contributed by atoms with van der Waals surface area (Å²) in [6.45, 7) is 5.24. The van der Waals surface area contributed by atoms with E-state index in [1.54, 1.807) is 13.0 Å². The lowest BCUT2D eigenvalue weighted by molar-refractivity contribution is -0.103. The summed E-state index contributed by atoms with van der Waals surface area (Å²) < 4.78 is 4.74. The van der Waals surface area contributed by atoms with Crippen molar-refractivity contribution in [3.63, 3.8) is 0 Å². The molecule has 10 heavy (non-hydrogen) atoms. The highest BCUT2D eigenvalue weighted by molar-refractivity contribution is 6.04. The third-order valence-corrected chi connectivity index (χ3v) is 1.09. The molecule has 0 amide bonds. The standard InChI is InChI=1S/C7H7NO2/c1-5(4-9)7-3-6(2)8-10-7/h3-4H,1H2,2H3. The van der Waals surface area contributed by atoms with Gasteiger partial charge in [-0.1, -0.05) is 11.7 Å². The van der Waals surface area contributed by atoms with Gasteiger partial charge in [0.15, 0.2) is 12.0 Å². The molecule has 0 aliphatic heterocycles. The molecule has 1 aromatic heterocycles. The Balaban J connectivity index is 2.95. The number of aromatic nitrogens is 1. The maximum absolute atomic E-state index is 10.1. The smallest absolute Gasteiger partial charge is 0.169 e. The number of hydrogen-bond donors (Lipinski definition) is 0. The van der Waals surface area contributed by atoms with Crippen LogP contribution in [0.4, 0.5) is 0 Å². The Morgan fingerprint density at radius 1 is 1.90 bits per heavy atom. The topological polar surface area (TPSA) is 43.1 Å². The van der Waals surface area contributed by atoms with Crippen molar-refractivity contribution in [2.75, 3.05) is 0 Å². The Hall–Kier alpha value is -1.38. The molecule has 3 heteroatoms. The first-order valence-electron chi connectivity index (χ1n) is 2.82. The Morgan fingerprint density at radius 3 is 3.00 bits per heavy atom. The summed E-state index contributed by atoms with van der Waals surface area (Å²) in [4.78, 5) is 10.1. The van der Waals surface area contributed by atoms with Crippen molar-refractivity contribution < 1.29 is 9.32 Å². The average molecular weight is 137 g/mol. The van der Waals surface area contributed by atoms with E-state index in [0.29, 0.717) is 17.6 Å². The number of aryl methyl sites for hydroxylation is 1. The summed E-state index contributed by atoms with van der Waals surface area (Å²) in [5.74, 6) is 0.438. The molecule has 0 bridgehead atoms. The van der Waals surface area contributed by atoms with Crippen LogP contribution in [0.25, 0.3) is 5.57 Å². The maximum Gasteiger partial charge on any atom is 0.169 e. The highest BCUT2D eigenvalue weighted by Crippen LogP contribution is 2.09. The van der Waals surface area contributed by atoms with Gasteiger partial charge in [-0.3, -0.25) is 4.79 Å². The molecule has 3 nitrogen and oxygen atoms in total. The van der Waals surface area contributed by atoms with Gasteiger partial charge >= 0.3 is 0 Å². The fourth-order valence-corrected chi connectivity index (χ4v) is 0.573. The highest BCUT2D eigenvalue weighted by Gasteiger charge is 2.02. The lowest BCUT2D eigenvalue weighted by atomic mass is 10.2. The molecule has 1 rings (SSSR count). The largest absolute Gasteiger partial charge is 0.356 e. The second-order valence-corrected chi connectivity index (χ2v) is 1.98. The van der Waals surface area contributed by atoms with E-state index >= 15 is 0 Å². The molecule has 1 aromatic rings. The van der Waals surface area contributed by atoms with Gasteiger partial charge in [0.1, 0.15) is 0 Å². The summed E-state index contributed by atoms with van der Waals surface area (Å²) in [5, 5.41) is 3.59. The summed E-state index contributed by atoms with van der Waals surface area (Å²) in [6.07, 6.45) is 0.639. The Bertz CT molecular complexity index is 262. The van der Waals surface area contributed by atoms with E-state index < -0.39 is 0 Å². The Kier molecular flexibility index (Phi) is 1.67. The monoisotopic (exact) mass is 137 g/mol. The highest BCUT2D eigenvalue weighted by atomic mass is 16.5. The number of allylic oxidation sites excluding steroid dienone is 1. The summed E-state index contributed by atoms with van der Waals surface area (Å²) in [7, 11) is 0. The first kappa shape index (κ1) is 6.74. The SMILES string of the molecule is C=C(C=O)c1cc(C)no1. The van der Waals surface area contributed by atoms with Crippen LogP contribution in [0.1, 0.15) is 11.5 Å². The molecule has 0 atom stereocenters. The number of aldehydes is 1. The molecule has 1 heterocycles. The average Bonchev–Trinajstić information content (AvgIpc) is 2.34. The van der Waals surface area contributed by atoms with Gasteiger partial charge in [-0.05, 0) is 6.92 Å². The molecular weight excluding hydrogens is 130 g/mol. The van der Waals surface area contributed by atoms with E-state index in [1.807, 2.05) is 0 Å². The molecule has 0 saturated heterocycles. The van der Waals surface area contributed by atoms with E-state index in [2.05, 4.69) is 11.7 Å². The van der Waals surface area contributed by atoms with E-state index in [1.165, 1.54) is 0 Å². The Labute approximate surface area is 58.3 Å². The quantitative estimate of drug-likeness (QED) is 0.454. The molecular formula is C7H7NO2. The van der Waals surface area contributed by atoms with Crippen LogP contribution < -0.4 is 0 Å². The van der Waals surface area contributed by atoms with Gasteiger partial charge < -0.3 is 4.52 Å². The predicted molar refractivity (Wildman–Crippen MR) is 36.3 cm³/mol. The fraction of sp³-hybridized carbons (Fsp3) is 0.143. The first-order chi connectivity index (χ1) is 4.74. The number of nitrogens with zero attached hydrogens (tertiary/aromatic N) is 1. The molecule has 0 N–H and O–H groups in total. The molecule has 0 aliphatic carbocycles. The molecule has 0 spiro atoms. The number of carbonyl (C=O) groups is 1. The van der Waals surface area contributed by atoms with Crippen molar-refractivity contribution in [1.82, 2.24) is 5.16 Å². The van der Waals surface area contributed by atoms with Crippen LogP contribution in [-0.4, -0.2) is 11.4 Å². The van der Waals surface area contributed by atoms with Gasteiger partial charge in [-0.25, -0.2) is 0 Å². The number of rotatable bonds is 2. The summed E-state index contributed by atoms with van der Waals surface area (Å²) in [5.41, 5.74) is 1.07.